The molecule has 0 saturated carbocycles. The normalized spacial score (nSPS) is 10.0. The number of nitrogens with zero attached hydrogens (tertiary/aromatic N) is 2. The predicted octanol–water partition coefficient (Wildman–Crippen LogP) is 0.582. The molecule has 0 saturated heterocycles. The van der Waals surface area contributed by atoms with Gasteiger partial charge in [-0.1, -0.05) is 0 Å². The van der Waals surface area contributed by atoms with Crippen LogP contribution in [0.3, 0.4) is 0 Å². The Morgan fingerprint density at radius 1 is 1.44 bits per heavy atom. The highest BCUT2D eigenvalue weighted by Gasteiger charge is 2.11. The van der Waals surface area contributed by atoms with Crippen molar-refractivity contribution >= 4 is 11.7 Å². The number of hydrogen-bond donors (Lipinski definition) is 2. The molecule has 2 heterocycles. The largest absolute Gasteiger partial charge is 0.467 e. The van der Waals surface area contributed by atoms with Crippen LogP contribution in [0.15, 0.2) is 35.2 Å². The number of rotatable bonds is 3. The van der Waals surface area contributed by atoms with E-state index in [2.05, 4.69) is 15.3 Å². The van der Waals surface area contributed by atoms with Crippen molar-refractivity contribution in [1.29, 1.82) is 0 Å². The molecule has 0 atom stereocenters. The highest BCUT2D eigenvalue weighted by atomic mass is 16.3. The Hall–Kier alpha value is -2.37. The molecule has 82 valence electrons. The molecule has 6 nitrogen and oxygen atoms in total. The van der Waals surface area contributed by atoms with E-state index in [1.807, 2.05) is 0 Å². The van der Waals surface area contributed by atoms with Crippen molar-refractivity contribution in [3.8, 4) is 0 Å². The maximum Gasteiger partial charge on any atom is 0.274 e. The lowest BCUT2D eigenvalue weighted by molar-refractivity contribution is 0.0943. The Morgan fingerprint density at radius 3 is 2.94 bits per heavy atom. The second-order valence-electron chi connectivity index (χ2n) is 3.05. The number of furan rings is 1. The van der Waals surface area contributed by atoms with Crippen LogP contribution in [0.1, 0.15) is 16.2 Å². The van der Waals surface area contributed by atoms with Gasteiger partial charge in [0.25, 0.3) is 5.91 Å². The van der Waals surface area contributed by atoms with Gasteiger partial charge in [0.1, 0.15) is 5.76 Å². The molecule has 3 N–H and O–H groups in total. The summed E-state index contributed by atoms with van der Waals surface area (Å²) in [4.78, 5) is 19.2. The molecule has 16 heavy (non-hydrogen) atoms. The summed E-state index contributed by atoms with van der Waals surface area (Å²) in [6, 6.07) is 3.51. The third-order valence-corrected chi connectivity index (χ3v) is 1.94. The van der Waals surface area contributed by atoms with E-state index >= 15 is 0 Å². The number of nitrogens with two attached hydrogens (primary N) is 1. The van der Waals surface area contributed by atoms with Gasteiger partial charge in [0.05, 0.1) is 12.8 Å². The lowest BCUT2D eigenvalue weighted by Gasteiger charge is -2.03. The number of nitrogen functional groups attached to an aromatic ring is 1. The number of carbonyl (C=O) groups excluding carboxylic acids is 1. The number of carbonyl (C=O) groups is 1. The van der Waals surface area contributed by atoms with Gasteiger partial charge in [0, 0.05) is 12.4 Å². The van der Waals surface area contributed by atoms with Gasteiger partial charge in [-0.05, 0) is 12.1 Å². The van der Waals surface area contributed by atoms with E-state index in [0.29, 0.717) is 12.3 Å². The van der Waals surface area contributed by atoms with Gasteiger partial charge in [-0.25, -0.2) is 9.97 Å². The quantitative estimate of drug-likeness (QED) is 0.785. The summed E-state index contributed by atoms with van der Waals surface area (Å²) >= 11 is 0. The van der Waals surface area contributed by atoms with E-state index in [-0.39, 0.29) is 17.4 Å². The van der Waals surface area contributed by atoms with Gasteiger partial charge in [0.15, 0.2) is 11.5 Å². The van der Waals surface area contributed by atoms with Crippen molar-refractivity contribution in [1.82, 2.24) is 15.3 Å². The molecular formula is C10H10N4O2. The van der Waals surface area contributed by atoms with E-state index in [1.165, 1.54) is 18.7 Å². The SMILES string of the molecule is Nc1nccnc1C(=O)NCc1ccco1. The van der Waals surface area contributed by atoms with Crippen LogP contribution in [-0.4, -0.2) is 15.9 Å². The highest BCUT2D eigenvalue weighted by molar-refractivity contribution is 5.96. The zero-order valence-electron chi connectivity index (χ0n) is 8.38. The lowest BCUT2D eigenvalue weighted by atomic mass is 10.3. The number of amides is 1. The minimum absolute atomic E-state index is 0.111. The maximum absolute atomic E-state index is 11.6. The number of nitrogens with one attached hydrogen (secondary N) is 1. The van der Waals surface area contributed by atoms with Gasteiger partial charge < -0.3 is 15.5 Å². The monoisotopic (exact) mass is 218 g/mol. The Kier molecular flexibility index (Phi) is 2.81. The molecule has 0 aliphatic heterocycles. The number of hydrogen-bond acceptors (Lipinski definition) is 5. The van der Waals surface area contributed by atoms with Gasteiger partial charge in [-0.3, -0.25) is 4.79 Å². The Balaban J connectivity index is 2.01. The molecule has 0 aliphatic carbocycles. The molecule has 1 amide bonds. The molecular weight excluding hydrogens is 208 g/mol. The summed E-state index contributed by atoms with van der Waals surface area (Å²) < 4.78 is 5.07. The van der Waals surface area contributed by atoms with Gasteiger partial charge >= 0.3 is 0 Å². The molecule has 0 spiro atoms. The average molecular weight is 218 g/mol. The zero-order valence-corrected chi connectivity index (χ0v) is 8.38. The Bertz CT molecular complexity index is 481. The first-order chi connectivity index (χ1) is 7.77. The summed E-state index contributed by atoms with van der Waals surface area (Å²) in [7, 11) is 0. The van der Waals surface area contributed by atoms with Crippen LogP contribution in [0.25, 0.3) is 0 Å². The summed E-state index contributed by atoms with van der Waals surface area (Å²) in [5, 5.41) is 2.63. The first kappa shape index (κ1) is 10.2. The molecule has 2 rings (SSSR count). The molecule has 2 aromatic heterocycles. The van der Waals surface area contributed by atoms with Crippen LogP contribution in [0.5, 0.6) is 0 Å². The third kappa shape index (κ3) is 2.17. The van der Waals surface area contributed by atoms with Gasteiger partial charge in [0.2, 0.25) is 0 Å². The zero-order chi connectivity index (χ0) is 11.4. The van der Waals surface area contributed by atoms with Crippen LogP contribution in [0.4, 0.5) is 5.82 Å². The fourth-order valence-electron chi connectivity index (χ4n) is 1.19. The molecule has 0 radical (unpaired) electrons. The predicted molar refractivity (Wildman–Crippen MR) is 56.3 cm³/mol. The summed E-state index contributed by atoms with van der Waals surface area (Å²) in [6.45, 7) is 0.293. The van der Waals surface area contributed by atoms with Crippen molar-refractivity contribution in [2.45, 2.75) is 6.54 Å². The van der Waals surface area contributed by atoms with Crippen LogP contribution in [0, 0.1) is 0 Å². The topological polar surface area (TPSA) is 94.0 Å². The summed E-state index contributed by atoms with van der Waals surface area (Å²) in [5.41, 5.74) is 5.63. The van der Waals surface area contributed by atoms with E-state index in [0.717, 1.165) is 0 Å². The van der Waals surface area contributed by atoms with Crippen molar-refractivity contribution in [3.05, 3.63) is 42.2 Å². The smallest absolute Gasteiger partial charge is 0.274 e. The van der Waals surface area contributed by atoms with Gasteiger partial charge in [-0.2, -0.15) is 0 Å². The number of anilines is 1. The molecule has 0 aliphatic rings. The van der Waals surface area contributed by atoms with Crippen molar-refractivity contribution < 1.29 is 9.21 Å². The second-order valence-corrected chi connectivity index (χ2v) is 3.05. The van der Waals surface area contributed by atoms with Crippen molar-refractivity contribution in [2.24, 2.45) is 0 Å². The van der Waals surface area contributed by atoms with Crippen LogP contribution < -0.4 is 11.1 Å². The molecule has 6 heteroatoms. The van der Waals surface area contributed by atoms with Crippen molar-refractivity contribution in [3.63, 3.8) is 0 Å². The van der Waals surface area contributed by atoms with Crippen LogP contribution in [-0.2, 0) is 6.54 Å². The first-order valence-electron chi connectivity index (χ1n) is 4.64. The summed E-state index contributed by atoms with van der Waals surface area (Å²) in [5.74, 6) is 0.400. The number of aromatic nitrogens is 2. The molecule has 2 aromatic rings. The van der Waals surface area contributed by atoms with Crippen LogP contribution >= 0.6 is 0 Å². The second kappa shape index (κ2) is 4.43. The fraction of sp³-hybridized carbons (Fsp3) is 0.100. The minimum atomic E-state index is -0.373. The first-order valence-corrected chi connectivity index (χ1v) is 4.64. The van der Waals surface area contributed by atoms with E-state index in [9.17, 15) is 4.79 Å². The molecule has 0 bridgehead atoms. The Morgan fingerprint density at radius 2 is 2.25 bits per heavy atom. The summed E-state index contributed by atoms with van der Waals surface area (Å²) in [6.07, 6.45) is 4.38. The third-order valence-electron chi connectivity index (χ3n) is 1.94. The van der Waals surface area contributed by atoms with Crippen LogP contribution in [0.2, 0.25) is 0 Å². The average Bonchev–Trinajstić information content (AvgIpc) is 2.79. The van der Waals surface area contributed by atoms with E-state index < -0.39 is 0 Å². The molecule has 0 fully saturated rings. The van der Waals surface area contributed by atoms with E-state index in [1.54, 1.807) is 12.1 Å². The lowest BCUT2D eigenvalue weighted by Crippen LogP contribution is -2.25. The van der Waals surface area contributed by atoms with E-state index in [4.69, 9.17) is 10.2 Å². The van der Waals surface area contributed by atoms with Crippen molar-refractivity contribution in [2.75, 3.05) is 5.73 Å². The fourth-order valence-corrected chi connectivity index (χ4v) is 1.19. The molecule has 0 aromatic carbocycles. The van der Waals surface area contributed by atoms with Gasteiger partial charge in [-0.15, -0.1) is 0 Å². The highest BCUT2D eigenvalue weighted by Crippen LogP contribution is 2.04. The Labute approximate surface area is 91.5 Å². The maximum atomic E-state index is 11.6. The minimum Gasteiger partial charge on any atom is -0.467 e. The standard InChI is InChI=1S/C10H10N4O2/c11-9-8(12-3-4-13-9)10(15)14-6-7-2-1-5-16-7/h1-5H,6H2,(H2,11,13)(H,14,15). The molecule has 0 unspecified atom stereocenters.